The van der Waals surface area contributed by atoms with Crippen LogP contribution in [0, 0.1) is 0 Å². The van der Waals surface area contributed by atoms with Crippen molar-refractivity contribution in [2.24, 2.45) is 5.73 Å². The van der Waals surface area contributed by atoms with Crippen molar-refractivity contribution in [3.63, 3.8) is 0 Å². The van der Waals surface area contributed by atoms with Crippen LogP contribution in [-0.4, -0.2) is 31.7 Å². The van der Waals surface area contributed by atoms with Gasteiger partial charge in [-0.05, 0) is 25.7 Å². The minimum absolute atomic E-state index is 0.233. The highest BCUT2D eigenvalue weighted by Gasteiger charge is 2.19. The number of nitrogens with two attached hydrogens (primary N) is 1. The molecule has 1 amide bonds. The number of carbonyl (C=O) groups excluding carboxylic acids is 1. The Kier molecular flexibility index (Phi) is 4.90. The molecule has 0 saturated heterocycles. The van der Waals surface area contributed by atoms with Gasteiger partial charge in [-0.25, -0.2) is 0 Å². The van der Waals surface area contributed by atoms with Crippen molar-refractivity contribution >= 4 is 5.91 Å². The Morgan fingerprint density at radius 3 is 2.57 bits per heavy atom. The molecule has 0 heterocycles. The van der Waals surface area contributed by atoms with Gasteiger partial charge in [-0.3, -0.25) is 4.79 Å². The van der Waals surface area contributed by atoms with Gasteiger partial charge in [0.1, 0.15) is 0 Å². The molecule has 0 unspecified atom stereocenters. The van der Waals surface area contributed by atoms with E-state index in [2.05, 4.69) is 5.32 Å². The normalized spacial score (nSPS) is 27.5. The summed E-state index contributed by atoms with van der Waals surface area (Å²) in [4.78, 5) is 10.5. The van der Waals surface area contributed by atoms with Gasteiger partial charge in [0, 0.05) is 26.1 Å². The molecule has 1 aliphatic rings. The molecule has 4 nitrogen and oxygen atoms in total. The van der Waals surface area contributed by atoms with E-state index in [1.54, 1.807) is 7.11 Å². The van der Waals surface area contributed by atoms with Crippen molar-refractivity contribution in [2.45, 2.75) is 44.2 Å². The third-order valence-electron chi connectivity index (χ3n) is 2.81. The fourth-order valence-corrected chi connectivity index (χ4v) is 1.90. The Balaban J connectivity index is 2.07. The lowest BCUT2D eigenvalue weighted by Crippen LogP contribution is -2.36. The monoisotopic (exact) mass is 200 g/mol. The highest BCUT2D eigenvalue weighted by atomic mass is 16.5. The molecule has 0 aliphatic heterocycles. The summed E-state index contributed by atoms with van der Waals surface area (Å²) in [5.74, 6) is -0.233. The average molecular weight is 200 g/mol. The predicted molar refractivity (Wildman–Crippen MR) is 54.9 cm³/mol. The Morgan fingerprint density at radius 2 is 2.07 bits per heavy atom. The van der Waals surface area contributed by atoms with Crippen molar-refractivity contribution in [3.05, 3.63) is 0 Å². The molecule has 0 aromatic carbocycles. The molecule has 0 radical (unpaired) electrons. The van der Waals surface area contributed by atoms with Crippen LogP contribution in [0.25, 0.3) is 0 Å². The van der Waals surface area contributed by atoms with Crippen LogP contribution < -0.4 is 11.1 Å². The number of ether oxygens (including phenoxy) is 1. The van der Waals surface area contributed by atoms with Crippen molar-refractivity contribution in [2.75, 3.05) is 13.7 Å². The Hall–Kier alpha value is -0.610. The molecular weight excluding hydrogens is 180 g/mol. The fraction of sp³-hybridized carbons (Fsp3) is 0.900. The van der Waals surface area contributed by atoms with Crippen LogP contribution in [0.1, 0.15) is 32.1 Å². The molecule has 1 aliphatic carbocycles. The lowest BCUT2D eigenvalue weighted by atomic mass is 9.93. The first kappa shape index (κ1) is 11.5. The Labute approximate surface area is 85.2 Å². The molecular formula is C10H20N2O2. The maximum Gasteiger partial charge on any atom is 0.218 e. The lowest BCUT2D eigenvalue weighted by molar-refractivity contribution is -0.117. The summed E-state index contributed by atoms with van der Waals surface area (Å²) in [6.07, 6.45) is 5.37. The zero-order chi connectivity index (χ0) is 10.4. The van der Waals surface area contributed by atoms with E-state index in [-0.39, 0.29) is 5.91 Å². The molecule has 0 bridgehead atoms. The molecule has 0 atom stereocenters. The first-order valence-electron chi connectivity index (χ1n) is 5.27. The average Bonchev–Trinajstić information content (AvgIpc) is 2.18. The van der Waals surface area contributed by atoms with Crippen LogP contribution in [0.4, 0.5) is 0 Å². The molecule has 3 N–H and O–H groups in total. The molecule has 14 heavy (non-hydrogen) atoms. The zero-order valence-corrected chi connectivity index (χ0v) is 8.79. The molecule has 82 valence electrons. The van der Waals surface area contributed by atoms with E-state index in [1.165, 1.54) is 0 Å². The molecule has 1 rings (SSSR count). The molecule has 1 saturated carbocycles. The highest BCUT2D eigenvalue weighted by molar-refractivity contribution is 5.73. The number of nitrogens with one attached hydrogen (secondary N) is 1. The van der Waals surface area contributed by atoms with E-state index >= 15 is 0 Å². The number of hydrogen-bond donors (Lipinski definition) is 2. The van der Waals surface area contributed by atoms with Crippen molar-refractivity contribution in [3.8, 4) is 0 Å². The van der Waals surface area contributed by atoms with E-state index in [0.29, 0.717) is 25.1 Å². The lowest BCUT2D eigenvalue weighted by Gasteiger charge is -2.28. The van der Waals surface area contributed by atoms with Crippen LogP contribution in [0.3, 0.4) is 0 Å². The van der Waals surface area contributed by atoms with Crippen LogP contribution in [0.5, 0.6) is 0 Å². The van der Waals surface area contributed by atoms with Gasteiger partial charge >= 0.3 is 0 Å². The smallest absolute Gasteiger partial charge is 0.218 e. The standard InChI is InChI=1S/C10H20N2O2/c1-14-9-4-2-8(3-5-9)12-7-6-10(11)13/h8-9,12H,2-7H2,1H3,(H2,11,13). The summed E-state index contributed by atoms with van der Waals surface area (Å²) in [6, 6.07) is 0.542. The number of methoxy groups -OCH3 is 1. The first-order chi connectivity index (χ1) is 6.72. The Bertz CT molecular complexity index is 177. The van der Waals surface area contributed by atoms with Crippen LogP contribution in [0.15, 0.2) is 0 Å². The van der Waals surface area contributed by atoms with E-state index in [0.717, 1.165) is 25.7 Å². The topological polar surface area (TPSA) is 64.3 Å². The molecule has 0 spiro atoms. The summed E-state index contributed by atoms with van der Waals surface area (Å²) in [6.45, 7) is 0.706. The van der Waals surface area contributed by atoms with Gasteiger partial charge in [0.05, 0.1) is 6.10 Å². The van der Waals surface area contributed by atoms with E-state index in [1.807, 2.05) is 0 Å². The van der Waals surface area contributed by atoms with Gasteiger partial charge in [0.2, 0.25) is 5.91 Å². The maximum atomic E-state index is 10.5. The minimum Gasteiger partial charge on any atom is -0.381 e. The summed E-state index contributed by atoms with van der Waals surface area (Å²) >= 11 is 0. The number of primary amides is 1. The first-order valence-corrected chi connectivity index (χ1v) is 5.27. The second-order valence-corrected chi connectivity index (χ2v) is 3.88. The molecule has 0 aromatic heterocycles. The van der Waals surface area contributed by atoms with Crippen molar-refractivity contribution < 1.29 is 9.53 Å². The fourth-order valence-electron chi connectivity index (χ4n) is 1.90. The highest BCUT2D eigenvalue weighted by Crippen LogP contribution is 2.20. The number of amides is 1. The summed E-state index contributed by atoms with van der Waals surface area (Å²) in [5, 5.41) is 3.34. The van der Waals surface area contributed by atoms with Gasteiger partial charge in [-0.15, -0.1) is 0 Å². The van der Waals surface area contributed by atoms with Gasteiger partial charge in [0.15, 0.2) is 0 Å². The third kappa shape index (κ3) is 4.07. The number of rotatable bonds is 5. The summed E-state index contributed by atoms with van der Waals surface area (Å²) in [5.41, 5.74) is 5.05. The SMILES string of the molecule is COC1CCC(NCCC(N)=O)CC1. The Morgan fingerprint density at radius 1 is 1.43 bits per heavy atom. The van der Waals surface area contributed by atoms with Crippen LogP contribution >= 0.6 is 0 Å². The maximum absolute atomic E-state index is 10.5. The van der Waals surface area contributed by atoms with Gasteiger partial charge in [-0.1, -0.05) is 0 Å². The van der Waals surface area contributed by atoms with Crippen LogP contribution in [0.2, 0.25) is 0 Å². The van der Waals surface area contributed by atoms with Gasteiger partial charge in [-0.2, -0.15) is 0 Å². The van der Waals surface area contributed by atoms with Gasteiger partial charge in [0.25, 0.3) is 0 Å². The van der Waals surface area contributed by atoms with Gasteiger partial charge < -0.3 is 15.8 Å². The molecule has 0 aromatic rings. The van der Waals surface area contributed by atoms with E-state index < -0.39 is 0 Å². The second-order valence-electron chi connectivity index (χ2n) is 3.88. The minimum atomic E-state index is -0.233. The summed E-state index contributed by atoms with van der Waals surface area (Å²) < 4.78 is 5.28. The largest absolute Gasteiger partial charge is 0.381 e. The quantitative estimate of drug-likeness (QED) is 0.675. The van der Waals surface area contributed by atoms with Crippen molar-refractivity contribution in [1.29, 1.82) is 0 Å². The molecule has 4 heteroatoms. The number of carbonyl (C=O) groups is 1. The third-order valence-corrected chi connectivity index (χ3v) is 2.81. The van der Waals surface area contributed by atoms with E-state index in [9.17, 15) is 4.79 Å². The summed E-state index contributed by atoms with van der Waals surface area (Å²) in [7, 11) is 1.77. The number of hydrogen-bond acceptors (Lipinski definition) is 3. The zero-order valence-electron chi connectivity index (χ0n) is 8.79. The van der Waals surface area contributed by atoms with E-state index in [4.69, 9.17) is 10.5 Å². The van der Waals surface area contributed by atoms with Crippen molar-refractivity contribution in [1.82, 2.24) is 5.32 Å². The molecule has 1 fully saturated rings. The second kappa shape index (κ2) is 5.98. The van der Waals surface area contributed by atoms with Crippen LogP contribution in [-0.2, 0) is 9.53 Å². The predicted octanol–water partition coefficient (Wildman–Crippen LogP) is 0.409.